The number of aromatic nitrogens is 2. The summed E-state index contributed by atoms with van der Waals surface area (Å²) < 4.78 is 0. The highest BCUT2D eigenvalue weighted by Crippen LogP contribution is 2.42. The standard InChI is InChI=1S/C66H50N4/c1-47-45-67-65(43-63(47)53-33-29-51(30-34-53)49-17-7-3-8-18-49)55-21-15-27-61(41-55)70(60-39-37-59(38-40-60)69(57-23-11-5-12-24-57)58-25-13-6-14-26-58)62-28-16-22-56(42-62)66-44-64(48(2)46-68-66)54-35-31-52(32-36-54)50-19-9-4-10-20-50/h3-46H,1-2H3. The van der Waals surface area contributed by atoms with Gasteiger partial charge in [0.1, 0.15) is 0 Å². The monoisotopic (exact) mass is 898 g/mol. The number of hydrogen-bond acceptors (Lipinski definition) is 4. The van der Waals surface area contributed by atoms with Gasteiger partial charge in [-0.2, -0.15) is 0 Å². The molecule has 0 N–H and O–H groups in total. The highest BCUT2D eigenvalue weighted by atomic mass is 15.2. The van der Waals surface area contributed by atoms with Crippen LogP contribution in [0.5, 0.6) is 0 Å². The van der Waals surface area contributed by atoms with Crippen LogP contribution in [0.15, 0.2) is 267 Å². The molecule has 0 bridgehead atoms. The molecule has 2 aromatic heterocycles. The van der Waals surface area contributed by atoms with E-state index in [-0.39, 0.29) is 0 Å². The van der Waals surface area contributed by atoms with Crippen LogP contribution >= 0.6 is 0 Å². The van der Waals surface area contributed by atoms with E-state index in [1.807, 2.05) is 12.4 Å². The second kappa shape index (κ2) is 19.6. The van der Waals surface area contributed by atoms with Crippen molar-refractivity contribution in [1.29, 1.82) is 0 Å². The quantitative estimate of drug-likeness (QED) is 0.122. The minimum Gasteiger partial charge on any atom is -0.311 e. The Balaban J connectivity index is 0.981. The SMILES string of the molecule is Cc1cnc(-c2cccc(N(c3ccc(N(c4ccccc4)c4ccccc4)cc3)c3cccc(-c4cc(-c5ccc(-c6ccccc6)cc5)c(C)cn4)c3)c2)cc1-c1ccc(-c2ccccc2)cc1. The molecular weight excluding hydrogens is 849 g/mol. The molecular formula is C66H50N4. The molecule has 0 aliphatic carbocycles. The third-order valence-electron chi connectivity index (χ3n) is 13.0. The van der Waals surface area contributed by atoms with Crippen molar-refractivity contribution in [2.75, 3.05) is 9.80 Å². The van der Waals surface area contributed by atoms with Crippen molar-refractivity contribution in [3.8, 4) is 67.0 Å². The summed E-state index contributed by atoms with van der Waals surface area (Å²) in [6, 6.07) is 90.6. The van der Waals surface area contributed by atoms with Crippen molar-refractivity contribution in [3.63, 3.8) is 0 Å². The minimum absolute atomic E-state index is 0.910. The second-order valence-electron chi connectivity index (χ2n) is 17.6. The van der Waals surface area contributed by atoms with Crippen LogP contribution in [0.4, 0.5) is 34.1 Å². The van der Waals surface area contributed by atoms with Gasteiger partial charge < -0.3 is 9.80 Å². The molecule has 4 heteroatoms. The van der Waals surface area contributed by atoms with E-state index in [4.69, 9.17) is 9.97 Å². The van der Waals surface area contributed by atoms with Gasteiger partial charge in [-0.1, -0.05) is 170 Å². The predicted octanol–water partition coefficient (Wildman–Crippen LogP) is 18.0. The summed E-state index contributed by atoms with van der Waals surface area (Å²) >= 11 is 0. The van der Waals surface area contributed by atoms with E-state index in [0.29, 0.717) is 0 Å². The summed E-state index contributed by atoms with van der Waals surface area (Å²) in [5, 5.41) is 0. The van der Waals surface area contributed by atoms with Gasteiger partial charge in [-0.25, -0.2) is 0 Å². The molecule has 0 aliphatic heterocycles. The molecule has 70 heavy (non-hydrogen) atoms. The number of pyridine rings is 2. The molecule has 0 aliphatic rings. The number of anilines is 6. The molecule has 2 heterocycles. The van der Waals surface area contributed by atoms with Crippen LogP contribution in [0.2, 0.25) is 0 Å². The number of para-hydroxylation sites is 2. The normalized spacial score (nSPS) is 11.0. The number of aryl methyl sites for hydroxylation is 2. The zero-order valence-electron chi connectivity index (χ0n) is 39.2. The van der Waals surface area contributed by atoms with Gasteiger partial charge in [0.05, 0.1) is 11.4 Å². The van der Waals surface area contributed by atoms with Gasteiger partial charge in [0.25, 0.3) is 0 Å². The van der Waals surface area contributed by atoms with Crippen LogP contribution in [0.1, 0.15) is 11.1 Å². The van der Waals surface area contributed by atoms with Crippen molar-refractivity contribution in [2.24, 2.45) is 0 Å². The van der Waals surface area contributed by atoms with Crippen molar-refractivity contribution in [3.05, 3.63) is 278 Å². The Morgan fingerprint density at radius 3 is 0.914 bits per heavy atom. The van der Waals surface area contributed by atoms with E-state index in [2.05, 4.69) is 278 Å². The highest BCUT2D eigenvalue weighted by molar-refractivity contribution is 5.85. The van der Waals surface area contributed by atoms with Crippen LogP contribution in [0.25, 0.3) is 67.0 Å². The lowest BCUT2D eigenvalue weighted by Gasteiger charge is -2.29. The van der Waals surface area contributed by atoms with Gasteiger partial charge in [-0.3, -0.25) is 9.97 Å². The number of benzene rings is 9. The molecule has 0 saturated heterocycles. The van der Waals surface area contributed by atoms with Gasteiger partial charge in [-0.05, 0) is 154 Å². The van der Waals surface area contributed by atoms with Crippen molar-refractivity contribution < 1.29 is 0 Å². The number of nitrogens with zero attached hydrogens (tertiary/aromatic N) is 4. The van der Waals surface area contributed by atoms with E-state index in [1.54, 1.807) is 0 Å². The Kier molecular flexibility index (Phi) is 12.2. The van der Waals surface area contributed by atoms with Gasteiger partial charge in [0, 0.05) is 57.6 Å². The molecule has 0 amide bonds. The van der Waals surface area contributed by atoms with Gasteiger partial charge in [0.2, 0.25) is 0 Å². The van der Waals surface area contributed by atoms with Gasteiger partial charge in [-0.15, -0.1) is 0 Å². The molecule has 0 radical (unpaired) electrons. The molecule has 0 spiro atoms. The van der Waals surface area contributed by atoms with Crippen molar-refractivity contribution in [2.45, 2.75) is 13.8 Å². The number of hydrogen-bond donors (Lipinski definition) is 0. The number of rotatable bonds is 12. The summed E-state index contributed by atoms with van der Waals surface area (Å²) in [5.74, 6) is 0. The fourth-order valence-electron chi connectivity index (χ4n) is 9.34. The first-order valence-corrected chi connectivity index (χ1v) is 23.8. The molecule has 0 saturated carbocycles. The van der Waals surface area contributed by atoms with E-state index < -0.39 is 0 Å². The Bertz CT molecular complexity index is 3310. The maximum Gasteiger partial charge on any atom is 0.0709 e. The largest absolute Gasteiger partial charge is 0.311 e. The average Bonchev–Trinajstić information content (AvgIpc) is 3.43. The van der Waals surface area contributed by atoms with E-state index in [0.717, 1.165) is 90.0 Å². The van der Waals surface area contributed by atoms with Crippen LogP contribution in [0.3, 0.4) is 0 Å². The first-order chi connectivity index (χ1) is 34.5. The van der Waals surface area contributed by atoms with Crippen molar-refractivity contribution in [1.82, 2.24) is 9.97 Å². The highest BCUT2D eigenvalue weighted by Gasteiger charge is 2.19. The molecule has 9 aromatic carbocycles. The smallest absolute Gasteiger partial charge is 0.0709 e. The third kappa shape index (κ3) is 9.14. The molecule has 0 unspecified atom stereocenters. The molecule has 334 valence electrons. The summed E-state index contributed by atoms with van der Waals surface area (Å²) in [4.78, 5) is 14.7. The van der Waals surface area contributed by atoms with E-state index in [9.17, 15) is 0 Å². The fraction of sp³-hybridized carbons (Fsp3) is 0.0303. The second-order valence-corrected chi connectivity index (χ2v) is 17.6. The lowest BCUT2D eigenvalue weighted by Crippen LogP contribution is -2.12. The van der Waals surface area contributed by atoms with E-state index >= 15 is 0 Å². The Labute approximate surface area is 411 Å². The summed E-state index contributed by atoms with van der Waals surface area (Å²) in [5.41, 5.74) is 21.9. The fourth-order valence-corrected chi connectivity index (χ4v) is 9.34. The Morgan fingerprint density at radius 2 is 0.529 bits per heavy atom. The lowest BCUT2D eigenvalue weighted by atomic mass is 9.96. The first kappa shape index (κ1) is 43.5. The van der Waals surface area contributed by atoms with Gasteiger partial charge >= 0.3 is 0 Å². The molecule has 0 atom stereocenters. The zero-order valence-corrected chi connectivity index (χ0v) is 39.2. The maximum atomic E-state index is 5.02. The first-order valence-electron chi connectivity index (χ1n) is 23.8. The molecule has 11 aromatic rings. The Morgan fingerprint density at radius 1 is 0.243 bits per heavy atom. The Hall–Kier alpha value is -9.12. The van der Waals surface area contributed by atoms with Crippen LogP contribution in [-0.4, -0.2) is 9.97 Å². The minimum atomic E-state index is 0.910. The molecule has 11 rings (SSSR count). The van der Waals surface area contributed by atoms with Crippen LogP contribution in [0, 0.1) is 13.8 Å². The summed E-state index contributed by atoms with van der Waals surface area (Å²) in [6.07, 6.45) is 3.99. The van der Waals surface area contributed by atoms with E-state index in [1.165, 1.54) is 22.3 Å². The lowest BCUT2D eigenvalue weighted by molar-refractivity contribution is 1.24. The third-order valence-corrected chi connectivity index (χ3v) is 13.0. The topological polar surface area (TPSA) is 32.3 Å². The van der Waals surface area contributed by atoms with Crippen LogP contribution < -0.4 is 9.80 Å². The average molecular weight is 899 g/mol. The molecule has 4 nitrogen and oxygen atoms in total. The zero-order chi connectivity index (χ0) is 47.2. The summed E-state index contributed by atoms with van der Waals surface area (Å²) in [7, 11) is 0. The maximum absolute atomic E-state index is 5.02. The van der Waals surface area contributed by atoms with Crippen molar-refractivity contribution >= 4 is 34.1 Å². The predicted molar refractivity (Wildman–Crippen MR) is 293 cm³/mol. The molecule has 0 fully saturated rings. The summed E-state index contributed by atoms with van der Waals surface area (Å²) in [6.45, 7) is 4.27. The van der Waals surface area contributed by atoms with Crippen LogP contribution in [-0.2, 0) is 0 Å². The van der Waals surface area contributed by atoms with Gasteiger partial charge in [0.15, 0.2) is 0 Å².